The molecule has 2 rings (SSSR count). The van der Waals surface area contributed by atoms with Gasteiger partial charge in [0, 0.05) is 31.9 Å². The summed E-state index contributed by atoms with van der Waals surface area (Å²) in [5, 5.41) is 3.05. The summed E-state index contributed by atoms with van der Waals surface area (Å²) in [7, 11) is 3.95. The summed E-state index contributed by atoms with van der Waals surface area (Å²) >= 11 is 0. The van der Waals surface area contributed by atoms with E-state index < -0.39 is 11.6 Å². The first-order valence-corrected chi connectivity index (χ1v) is 6.46. The summed E-state index contributed by atoms with van der Waals surface area (Å²) < 4.78 is 26.4. The fourth-order valence-electron chi connectivity index (χ4n) is 1.98. The number of nitrogens with zero attached hydrogens (tertiary/aromatic N) is 1. The third kappa shape index (κ3) is 3.26. The molecule has 20 heavy (non-hydrogen) atoms. The van der Waals surface area contributed by atoms with Crippen LogP contribution in [-0.4, -0.2) is 14.1 Å². The van der Waals surface area contributed by atoms with Crippen molar-refractivity contribution in [2.24, 2.45) is 0 Å². The lowest BCUT2D eigenvalue weighted by molar-refractivity contribution is 0.584. The van der Waals surface area contributed by atoms with Crippen molar-refractivity contribution < 1.29 is 8.78 Å². The SMILES string of the molecule is CC(Nc1ccc(F)cc1F)c1ccc(N(C)C)cc1. The number of nitrogens with one attached hydrogen (secondary N) is 1. The zero-order valence-corrected chi connectivity index (χ0v) is 11.8. The van der Waals surface area contributed by atoms with Crippen molar-refractivity contribution in [2.75, 3.05) is 24.3 Å². The second-order valence-corrected chi connectivity index (χ2v) is 4.98. The van der Waals surface area contributed by atoms with Crippen LogP contribution in [0.1, 0.15) is 18.5 Å². The van der Waals surface area contributed by atoms with Crippen LogP contribution in [0.15, 0.2) is 42.5 Å². The Morgan fingerprint density at radius 3 is 2.20 bits per heavy atom. The zero-order chi connectivity index (χ0) is 14.7. The van der Waals surface area contributed by atoms with E-state index in [4.69, 9.17) is 0 Å². The molecule has 0 aromatic heterocycles. The Bertz CT molecular complexity index is 580. The van der Waals surface area contributed by atoms with Gasteiger partial charge in [0.2, 0.25) is 0 Å². The maximum Gasteiger partial charge on any atom is 0.149 e. The predicted octanol–water partition coefficient (Wildman–Crippen LogP) is 4.20. The van der Waals surface area contributed by atoms with Gasteiger partial charge in [0.05, 0.1) is 5.69 Å². The molecule has 1 N–H and O–H groups in total. The van der Waals surface area contributed by atoms with E-state index in [1.807, 2.05) is 50.2 Å². The summed E-state index contributed by atoms with van der Waals surface area (Å²) in [5.41, 5.74) is 2.45. The molecule has 2 aromatic rings. The normalized spacial score (nSPS) is 12.1. The second-order valence-electron chi connectivity index (χ2n) is 4.98. The molecular weight excluding hydrogens is 258 g/mol. The highest BCUT2D eigenvalue weighted by molar-refractivity contribution is 5.50. The first-order valence-electron chi connectivity index (χ1n) is 6.46. The minimum Gasteiger partial charge on any atom is -0.378 e. The number of hydrogen-bond acceptors (Lipinski definition) is 2. The molecule has 0 aliphatic carbocycles. The molecular formula is C16H18F2N2. The van der Waals surface area contributed by atoms with E-state index in [1.165, 1.54) is 12.1 Å². The largest absolute Gasteiger partial charge is 0.378 e. The van der Waals surface area contributed by atoms with Gasteiger partial charge in [-0.15, -0.1) is 0 Å². The Kier molecular flexibility index (Phi) is 4.23. The van der Waals surface area contributed by atoms with Gasteiger partial charge in [0.1, 0.15) is 11.6 Å². The van der Waals surface area contributed by atoms with Crippen molar-refractivity contribution >= 4 is 11.4 Å². The van der Waals surface area contributed by atoms with E-state index in [0.717, 1.165) is 17.3 Å². The number of halogens is 2. The molecule has 0 amide bonds. The predicted molar refractivity (Wildman–Crippen MR) is 79.2 cm³/mol. The van der Waals surface area contributed by atoms with Crippen LogP contribution in [0.5, 0.6) is 0 Å². The fourth-order valence-corrected chi connectivity index (χ4v) is 1.98. The highest BCUT2D eigenvalue weighted by atomic mass is 19.1. The Labute approximate surface area is 118 Å². The highest BCUT2D eigenvalue weighted by Gasteiger charge is 2.09. The Morgan fingerprint density at radius 1 is 1.00 bits per heavy atom. The minimum atomic E-state index is -0.582. The van der Waals surface area contributed by atoms with Crippen LogP contribution >= 0.6 is 0 Å². The van der Waals surface area contributed by atoms with Gasteiger partial charge in [-0.05, 0) is 36.8 Å². The van der Waals surface area contributed by atoms with Crippen molar-refractivity contribution in [3.05, 3.63) is 59.7 Å². The van der Waals surface area contributed by atoms with E-state index in [9.17, 15) is 8.78 Å². The van der Waals surface area contributed by atoms with Crippen LogP contribution in [0.25, 0.3) is 0 Å². The van der Waals surface area contributed by atoms with Crippen molar-refractivity contribution in [2.45, 2.75) is 13.0 Å². The molecule has 1 unspecified atom stereocenters. The summed E-state index contributed by atoms with van der Waals surface area (Å²) in [6, 6.07) is 11.5. The van der Waals surface area contributed by atoms with Gasteiger partial charge in [-0.2, -0.15) is 0 Å². The van der Waals surface area contributed by atoms with Gasteiger partial charge in [-0.1, -0.05) is 12.1 Å². The van der Waals surface area contributed by atoms with Gasteiger partial charge in [0.15, 0.2) is 0 Å². The Morgan fingerprint density at radius 2 is 1.65 bits per heavy atom. The molecule has 4 heteroatoms. The van der Waals surface area contributed by atoms with Gasteiger partial charge in [-0.25, -0.2) is 8.78 Å². The summed E-state index contributed by atoms with van der Waals surface area (Å²) in [6.07, 6.45) is 0. The van der Waals surface area contributed by atoms with Crippen LogP contribution in [0, 0.1) is 11.6 Å². The topological polar surface area (TPSA) is 15.3 Å². The van der Waals surface area contributed by atoms with Crippen LogP contribution < -0.4 is 10.2 Å². The van der Waals surface area contributed by atoms with Crippen molar-refractivity contribution in [3.63, 3.8) is 0 Å². The zero-order valence-electron chi connectivity index (χ0n) is 11.8. The van der Waals surface area contributed by atoms with Gasteiger partial charge in [0.25, 0.3) is 0 Å². The number of anilines is 2. The average molecular weight is 276 g/mol. The minimum absolute atomic E-state index is 0.0637. The summed E-state index contributed by atoms with van der Waals surface area (Å²) in [4.78, 5) is 2.02. The second kappa shape index (κ2) is 5.90. The fraction of sp³-hybridized carbons (Fsp3) is 0.250. The van der Waals surface area contributed by atoms with Gasteiger partial charge >= 0.3 is 0 Å². The lowest BCUT2D eigenvalue weighted by atomic mass is 10.1. The van der Waals surface area contributed by atoms with E-state index >= 15 is 0 Å². The Balaban J connectivity index is 2.13. The lowest BCUT2D eigenvalue weighted by Gasteiger charge is -2.18. The number of hydrogen-bond donors (Lipinski definition) is 1. The van der Waals surface area contributed by atoms with E-state index in [-0.39, 0.29) is 6.04 Å². The van der Waals surface area contributed by atoms with E-state index in [2.05, 4.69) is 5.32 Å². The third-order valence-corrected chi connectivity index (χ3v) is 3.21. The highest BCUT2D eigenvalue weighted by Crippen LogP contribution is 2.23. The molecule has 0 bridgehead atoms. The molecule has 106 valence electrons. The standard InChI is InChI=1S/C16H18F2N2/c1-11(12-4-7-14(8-5-12)20(2)3)19-16-9-6-13(17)10-15(16)18/h4-11,19H,1-3H3. The Hall–Kier alpha value is -2.10. The molecule has 0 fully saturated rings. The van der Waals surface area contributed by atoms with Crippen LogP contribution in [0.3, 0.4) is 0 Å². The quantitative estimate of drug-likeness (QED) is 0.900. The molecule has 0 saturated heterocycles. The van der Waals surface area contributed by atoms with Crippen LogP contribution in [0.4, 0.5) is 20.2 Å². The van der Waals surface area contributed by atoms with Crippen LogP contribution in [-0.2, 0) is 0 Å². The van der Waals surface area contributed by atoms with Crippen molar-refractivity contribution in [1.29, 1.82) is 0 Å². The molecule has 2 aromatic carbocycles. The smallest absolute Gasteiger partial charge is 0.149 e. The molecule has 1 atom stereocenters. The first-order chi connectivity index (χ1) is 9.47. The summed E-state index contributed by atoms with van der Waals surface area (Å²) in [6.45, 7) is 1.94. The maximum absolute atomic E-state index is 13.6. The molecule has 0 heterocycles. The van der Waals surface area contributed by atoms with Crippen molar-refractivity contribution in [3.8, 4) is 0 Å². The summed E-state index contributed by atoms with van der Waals surface area (Å²) in [5.74, 6) is -1.15. The molecule has 2 nitrogen and oxygen atoms in total. The first kappa shape index (κ1) is 14.3. The monoisotopic (exact) mass is 276 g/mol. The molecule has 0 saturated carbocycles. The van der Waals surface area contributed by atoms with Gasteiger partial charge < -0.3 is 10.2 Å². The lowest BCUT2D eigenvalue weighted by Crippen LogP contribution is -2.10. The number of rotatable bonds is 4. The maximum atomic E-state index is 13.6. The van der Waals surface area contributed by atoms with E-state index in [1.54, 1.807) is 0 Å². The van der Waals surface area contributed by atoms with Crippen LogP contribution in [0.2, 0.25) is 0 Å². The van der Waals surface area contributed by atoms with Crippen molar-refractivity contribution in [1.82, 2.24) is 0 Å². The molecule has 0 spiro atoms. The van der Waals surface area contributed by atoms with Gasteiger partial charge in [-0.3, -0.25) is 0 Å². The number of benzene rings is 2. The van der Waals surface area contributed by atoms with E-state index in [0.29, 0.717) is 5.69 Å². The third-order valence-electron chi connectivity index (χ3n) is 3.21. The molecule has 0 aliphatic rings. The molecule has 0 aliphatic heterocycles. The molecule has 0 radical (unpaired) electrons. The average Bonchev–Trinajstić information content (AvgIpc) is 2.42.